The molecule has 1 N–H and O–H groups in total. The molecule has 32 heavy (non-hydrogen) atoms. The second-order valence-corrected chi connectivity index (χ2v) is 8.57. The van der Waals surface area contributed by atoms with Gasteiger partial charge in [0.05, 0.1) is 22.4 Å². The molecule has 3 aromatic carbocycles. The number of anilines is 2. The third-order valence-corrected chi connectivity index (χ3v) is 6.25. The number of hydrazine groups is 1. The van der Waals surface area contributed by atoms with Gasteiger partial charge in [-0.1, -0.05) is 53.5 Å². The Bertz CT molecular complexity index is 1210. The van der Waals surface area contributed by atoms with Crippen LogP contribution in [0.4, 0.5) is 15.8 Å². The molecule has 0 radical (unpaired) electrons. The number of hydrogen-bond acceptors (Lipinski definition) is 4. The van der Waals surface area contributed by atoms with Gasteiger partial charge in [-0.25, -0.2) is 4.39 Å². The van der Waals surface area contributed by atoms with Crippen LogP contribution in [0.5, 0.6) is 0 Å². The van der Waals surface area contributed by atoms with Crippen molar-refractivity contribution >= 4 is 46.2 Å². The molecule has 1 amide bonds. The first-order valence-corrected chi connectivity index (χ1v) is 11.0. The number of carbonyl (C=O) groups excluding carboxylic acids is 1. The highest BCUT2D eigenvalue weighted by molar-refractivity contribution is 6.40. The highest BCUT2D eigenvalue weighted by atomic mass is 35.5. The van der Waals surface area contributed by atoms with Crippen LogP contribution in [0.1, 0.15) is 23.6 Å². The van der Waals surface area contributed by atoms with Crippen LogP contribution in [0.15, 0.2) is 71.8 Å². The van der Waals surface area contributed by atoms with E-state index in [2.05, 4.69) is 16.6 Å². The molecule has 2 aliphatic heterocycles. The quantitative estimate of drug-likeness (QED) is 0.547. The first-order chi connectivity index (χ1) is 15.5. The van der Waals surface area contributed by atoms with Gasteiger partial charge in [-0.15, -0.1) is 0 Å². The van der Waals surface area contributed by atoms with Crippen molar-refractivity contribution in [1.82, 2.24) is 5.43 Å². The molecule has 0 unspecified atom stereocenters. The van der Waals surface area contributed by atoms with Gasteiger partial charge >= 0.3 is 0 Å². The summed E-state index contributed by atoms with van der Waals surface area (Å²) < 4.78 is 13.5. The highest BCUT2D eigenvalue weighted by Gasteiger charge is 2.34. The summed E-state index contributed by atoms with van der Waals surface area (Å²) >= 11 is 12.5. The molecule has 0 aliphatic carbocycles. The monoisotopic (exact) mass is 468 g/mol. The molecule has 162 valence electrons. The first kappa shape index (κ1) is 20.8. The second kappa shape index (κ2) is 8.45. The van der Waals surface area contributed by atoms with E-state index in [0.717, 1.165) is 17.7 Å². The van der Waals surface area contributed by atoms with Crippen molar-refractivity contribution in [1.29, 1.82) is 0 Å². The van der Waals surface area contributed by atoms with E-state index in [9.17, 15) is 9.18 Å². The maximum atomic E-state index is 13.5. The summed E-state index contributed by atoms with van der Waals surface area (Å²) in [6.07, 6.45) is 1.22. The van der Waals surface area contributed by atoms with Gasteiger partial charge in [0.1, 0.15) is 11.5 Å². The Kier molecular flexibility index (Phi) is 5.49. The topological polar surface area (TPSA) is 47.9 Å². The van der Waals surface area contributed by atoms with Crippen molar-refractivity contribution in [3.05, 3.63) is 93.7 Å². The van der Waals surface area contributed by atoms with Gasteiger partial charge in [0.15, 0.2) is 0 Å². The van der Waals surface area contributed by atoms with Crippen molar-refractivity contribution in [3.8, 4) is 0 Å². The SMILES string of the molecule is O=C(NN1CCc2ccccc21)C1=NN(c2ccc(Cl)cc2Cl)[C@@H](c2ccc(F)cc2)C1. The Morgan fingerprint density at radius 1 is 1.03 bits per heavy atom. The molecule has 5 rings (SSSR count). The molecule has 2 heterocycles. The van der Waals surface area contributed by atoms with E-state index in [1.165, 1.54) is 17.7 Å². The molecule has 0 aromatic heterocycles. The molecule has 0 spiro atoms. The summed E-state index contributed by atoms with van der Waals surface area (Å²) in [5.74, 6) is -0.601. The van der Waals surface area contributed by atoms with Gasteiger partial charge in [0.2, 0.25) is 0 Å². The zero-order valence-corrected chi connectivity index (χ0v) is 18.4. The fourth-order valence-electron chi connectivity index (χ4n) is 4.12. The summed E-state index contributed by atoms with van der Waals surface area (Å²) in [6, 6.07) is 19.0. The number of rotatable bonds is 4. The minimum atomic E-state index is -0.325. The van der Waals surface area contributed by atoms with Crippen molar-refractivity contribution in [2.75, 3.05) is 16.6 Å². The number of halogens is 3. The van der Waals surface area contributed by atoms with Crippen molar-refractivity contribution in [2.24, 2.45) is 5.10 Å². The molecular formula is C24H19Cl2FN4O. The van der Waals surface area contributed by atoms with E-state index in [1.807, 2.05) is 23.2 Å². The number of nitrogens with one attached hydrogen (secondary N) is 1. The Balaban J connectivity index is 1.44. The van der Waals surface area contributed by atoms with Crippen LogP contribution in [0.25, 0.3) is 0 Å². The predicted octanol–water partition coefficient (Wildman–Crippen LogP) is 5.53. The predicted molar refractivity (Wildman–Crippen MR) is 126 cm³/mol. The molecule has 1 atom stereocenters. The maximum Gasteiger partial charge on any atom is 0.286 e. The van der Waals surface area contributed by atoms with Crippen LogP contribution in [0.3, 0.4) is 0 Å². The lowest BCUT2D eigenvalue weighted by molar-refractivity contribution is -0.115. The Hall–Kier alpha value is -3.09. The van der Waals surface area contributed by atoms with E-state index in [1.54, 1.807) is 35.3 Å². The number of benzene rings is 3. The zero-order chi connectivity index (χ0) is 22.2. The summed E-state index contributed by atoms with van der Waals surface area (Å²) in [6.45, 7) is 0.701. The lowest BCUT2D eigenvalue weighted by Crippen LogP contribution is -2.44. The number of para-hydroxylation sites is 1. The van der Waals surface area contributed by atoms with Crippen molar-refractivity contribution in [2.45, 2.75) is 18.9 Å². The standard InChI is InChI=1S/C24H19Cl2FN4O/c25-17-7-10-22(19(26)13-17)31-23(16-5-8-18(27)9-6-16)14-20(28-31)24(32)29-30-12-11-15-3-1-2-4-21(15)30/h1-10,13,23H,11-12,14H2,(H,29,32)/t23-/m1/s1. The van der Waals surface area contributed by atoms with Gasteiger partial charge in [0.25, 0.3) is 5.91 Å². The number of hydrazone groups is 1. The van der Waals surface area contributed by atoms with Crippen LogP contribution in [-0.4, -0.2) is 18.2 Å². The molecule has 0 fully saturated rings. The van der Waals surface area contributed by atoms with E-state index in [-0.39, 0.29) is 17.8 Å². The molecule has 0 saturated carbocycles. The molecule has 0 saturated heterocycles. The molecule has 3 aromatic rings. The fourth-order valence-corrected chi connectivity index (χ4v) is 4.62. The summed E-state index contributed by atoms with van der Waals surface area (Å²) in [4.78, 5) is 13.1. The van der Waals surface area contributed by atoms with Crippen LogP contribution in [-0.2, 0) is 11.2 Å². The number of nitrogens with zero attached hydrogens (tertiary/aromatic N) is 3. The average molecular weight is 469 g/mol. The Morgan fingerprint density at radius 3 is 2.59 bits per heavy atom. The van der Waals surface area contributed by atoms with Crippen LogP contribution in [0.2, 0.25) is 10.0 Å². The zero-order valence-electron chi connectivity index (χ0n) is 16.9. The van der Waals surface area contributed by atoms with Crippen LogP contribution in [0, 0.1) is 5.82 Å². The fraction of sp³-hybridized carbons (Fsp3) is 0.167. The minimum absolute atomic E-state index is 0.276. The molecule has 0 bridgehead atoms. The normalized spacial score (nSPS) is 17.3. The van der Waals surface area contributed by atoms with Crippen LogP contribution < -0.4 is 15.4 Å². The van der Waals surface area contributed by atoms with Crippen molar-refractivity contribution < 1.29 is 9.18 Å². The number of fused-ring (bicyclic) bond motifs is 1. The van der Waals surface area contributed by atoms with Crippen LogP contribution >= 0.6 is 23.2 Å². The van der Waals surface area contributed by atoms with Gasteiger partial charge in [-0.05, 0) is 53.9 Å². The highest BCUT2D eigenvalue weighted by Crippen LogP contribution is 2.39. The summed E-state index contributed by atoms with van der Waals surface area (Å²) in [5.41, 5.74) is 6.99. The third-order valence-electron chi connectivity index (χ3n) is 5.71. The molecule has 2 aliphatic rings. The lowest BCUT2D eigenvalue weighted by atomic mass is 10.0. The average Bonchev–Trinajstić information content (AvgIpc) is 3.39. The summed E-state index contributed by atoms with van der Waals surface area (Å²) in [7, 11) is 0. The van der Waals surface area contributed by atoms with Gasteiger partial charge in [0, 0.05) is 18.0 Å². The molecule has 5 nitrogen and oxygen atoms in total. The largest absolute Gasteiger partial charge is 0.286 e. The lowest BCUT2D eigenvalue weighted by Gasteiger charge is -2.25. The molecule has 8 heteroatoms. The van der Waals surface area contributed by atoms with Gasteiger partial charge < -0.3 is 0 Å². The Labute approximate surface area is 195 Å². The summed E-state index contributed by atoms with van der Waals surface area (Å²) in [5, 5.41) is 9.10. The van der Waals surface area contributed by atoms with E-state index in [4.69, 9.17) is 23.2 Å². The van der Waals surface area contributed by atoms with E-state index >= 15 is 0 Å². The maximum absolute atomic E-state index is 13.5. The number of hydrogen-bond donors (Lipinski definition) is 1. The third kappa shape index (κ3) is 3.92. The number of amides is 1. The number of carbonyl (C=O) groups is 1. The first-order valence-electron chi connectivity index (χ1n) is 10.2. The van der Waals surface area contributed by atoms with E-state index < -0.39 is 0 Å². The van der Waals surface area contributed by atoms with Gasteiger partial charge in [-0.2, -0.15) is 5.10 Å². The Morgan fingerprint density at radius 2 is 1.81 bits per heavy atom. The minimum Gasteiger partial charge on any atom is -0.285 e. The second-order valence-electron chi connectivity index (χ2n) is 7.73. The smallest absolute Gasteiger partial charge is 0.285 e. The van der Waals surface area contributed by atoms with Gasteiger partial charge in [-0.3, -0.25) is 20.2 Å². The molecular weight excluding hydrogens is 450 g/mol. The van der Waals surface area contributed by atoms with E-state index in [0.29, 0.717) is 34.4 Å². The van der Waals surface area contributed by atoms with Crippen molar-refractivity contribution in [3.63, 3.8) is 0 Å².